The average Bonchev–Trinajstić information content (AvgIpc) is 2.70. The fourth-order valence-corrected chi connectivity index (χ4v) is 3.43. The highest BCUT2D eigenvalue weighted by atomic mass is 16.5. The summed E-state index contributed by atoms with van der Waals surface area (Å²) in [5.41, 5.74) is 1.65. The van der Waals surface area contributed by atoms with E-state index in [1.165, 1.54) is 32.4 Å². The Morgan fingerprint density at radius 1 is 1.20 bits per heavy atom. The number of rotatable bonds is 6. The van der Waals surface area contributed by atoms with Crippen LogP contribution >= 0.6 is 0 Å². The van der Waals surface area contributed by atoms with Gasteiger partial charge in [-0.2, -0.15) is 5.10 Å². The summed E-state index contributed by atoms with van der Waals surface area (Å²) < 4.78 is 15.7. The first-order chi connectivity index (χ1) is 14.3. The molecule has 2 atom stereocenters. The van der Waals surface area contributed by atoms with E-state index < -0.39 is 5.97 Å². The molecule has 8 nitrogen and oxygen atoms in total. The molecule has 1 heterocycles. The maximum Gasteiger partial charge on any atom is 0.341 e. The van der Waals surface area contributed by atoms with Gasteiger partial charge in [0, 0.05) is 20.0 Å². The fraction of sp³-hybridized carbons (Fsp3) is 0.500. The van der Waals surface area contributed by atoms with Crippen molar-refractivity contribution < 1.29 is 23.8 Å². The predicted molar refractivity (Wildman–Crippen MR) is 114 cm³/mol. The highest BCUT2D eigenvalue weighted by molar-refractivity contribution is 6.16. The molecule has 2 rings (SSSR count). The second kappa shape index (κ2) is 10.8. The van der Waals surface area contributed by atoms with Gasteiger partial charge < -0.3 is 19.1 Å². The van der Waals surface area contributed by atoms with Crippen molar-refractivity contribution in [2.75, 3.05) is 27.3 Å². The summed E-state index contributed by atoms with van der Waals surface area (Å²) in [5, 5.41) is 5.98. The number of amides is 1. The third kappa shape index (κ3) is 6.06. The summed E-state index contributed by atoms with van der Waals surface area (Å²) in [4.78, 5) is 26.7. The minimum Gasteiger partial charge on any atom is -0.503 e. The van der Waals surface area contributed by atoms with E-state index in [2.05, 4.69) is 10.0 Å². The summed E-state index contributed by atoms with van der Waals surface area (Å²) in [5.74, 6) is 0.0220. The van der Waals surface area contributed by atoms with E-state index in [1.807, 2.05) is 39.0 Å². The number of methoxy groups -OCH3 is 2. The molecule has 0 aromatic heterocycles. The van der Waals surface area contributed by atoms with Gasteiger partial charge in [-0.1, -0.05) is 24.3 Å². The minimum atomic E-state index is -0.519. The normalized spacial score (nSPS) is 20.0. The summed E-state index contributed by atoms with van der Waals surface area (Å²) in [7, 11) is 2.78. The largest absolute Gasteiger partial charge is 0.503 e. The van der Waals surface area contributed by atoms with Gasteiger partial charge in [-0.3, -0.25) is 4.79 Å². The van der Waals surface area contributed by atoms with Crippen LogP contribution in [0.15, 0.2) is 35.6 Å². The lowest BCUT2D eigenvalue weighted by Gasteiger charge is -2.36. The number of esters is 1. The van der Waals surface area contributed by atoms with Crippen LogP contribution in [0.25, 0.3) is 5.57 Å². The predicted octanol–water partition coefficient (Wildman–Crippen LogP) is 2.64. The van der Waals surface area contributed by atoms with E-state index in [0.29, 0.717) is 18.7 Å². The summed E-state index contributed by atoms with van der Waals surface area (Å²) in [6.07, 6.45) is 1.52. The van der Waals surface area contributed by atoms with E-state index >= 15 is 0 Å². The molecule has 1 aromatic carbocycles. The van der Waals surface area contributed by atoms with Crippen molar-refractivity contribution in [1.82, 2.24) is 9.91 Å². The molecule has 0 N–H and O–H groups in total. The average molecular weight is 418 g/mol. The number of carbonyl (C=O) groups excluding carboxylic acids is 2. The van der Waals surface area contributed by atoms with Gasteiger partial charge in [0.25, 0.3) is 0 Å². The Labute approximate surface area is 178 Å². The molecule has 0 aliphatic carbocycles. The summed E-state index contributed by atoms with van der Waals surface area (Å²) >= 11 is 0. The van der Waals surface area contributed by atoms with Gasteiger partial charge in [-0.15, -0.1) is 0 Å². The monoisotopic (exact) mass is 417 g/mol. The van der Waals surface area contributed by atoms with Crippen LogP contribution in [0.5, 0.6) is 0 Å². The molecule has 2 unspecified atom stereocenters. The molecular weight excluding hydrogens is 386 g/mol. The smallest absolute Gasteiger partial charge is 0.341 e. The first kappa shape index (κ1) is 23.4. The molecular formula is C22H31N3O5. The van der Waals surface area contributed by atoms with Gasteiger partial charge in [-0.25, -0.2) is 9.80 Å². The van der Waals surface area contributed by atoms with Crippen LogP contribution in [0.1, 0.15) is 38.8 Å². The van der Waals surface area contributed by atoms with Gasteiger partial charge in [0.2, 0.25) is 5.91 Å². The number of hydrazone groups is 1. The Morgan fingerprint density at radius 3 is 2.40 bits per heavy atom. The Bertz CT molecular complexity index is 811. The van der Waals surface area contributed by atoms with Gasteiger partial charge in [0.1, 0.15) is 11.4 Å². The molecule has 8 heteroatoms. The molecule has 0 saturated carbocycles. The summed E-state index contributed by atoms with van der Waals surface area (Å²) in [6.45, 7) is 9.02. The first-order valence-electron chi connectivity index (χ1n) is 9.90. The van der Waals surface area contributed by atoms with Gasteiger partial charge in [-0.05, 0) is 31.9 Å². The van der Waals surface area contributed by atoms with Crippen molar-refractivity contribution >= 4 is 23.3 Å². The maximum atomic E-state index is 12.3. The van der Waals surface area contributed by atoms with Crippen LogP contribution in [-0.4, -0.2) is 67.1 Å². The maximum absolute atomic E-state index is 12.3. The van der Waals surface area contributed by atoms with Gasteiger partial charge in [0.15, 0.2) is 0 Å². The van der Waals surface area contributed by atoms with Crippen molar-refractivity contribution in [2.45, 2.75) is 46.4 Å². The Morgan fingerprint density at radius 2 is 1.83 bits per heavy atom. The van der Waals surface area contributed by atoms with Crippen LogP contribution in [0.4, 0.5) is 0 Å². The van der Waals surface area contributed by atoms with E-state index in [1.54, 1.807) is 6.07 Å². The molecule has 30 heavy (non-hydrogen) atoms. The standard InChI is InChI=1S/C22H31N3O5/c1-15-11-24(12-16(2)30-15)17(3)23-25(18(4)26)13-19-9-7-8-10-20(19)21(14-28-5)22(27)29-6/h7-10,14-16H,11-13H2,1-6H3/b21-14+,23-17-. The second-order valence-electron chi connectivity index (χ2n) is 7.30. The molecule has 1 aliphatic rings. The lowest BCUT2D eigenvalue weighted by molar-refractivity contribution is -0.133. The van der Waals surface area contributed by atoms with E-state index in [-0.39, 0.29) is 30.2 Å². The second-order valence-corrected chi connectivity index (χ2v) is 7.30. The zero-order valence-electron chi connectivity index (χ0n) is 18.5. The molecule has 1 fully saturated rings. The lowest BCUT2D eigenvalue weighted by Crippen LogP contribution is -2.48. The SMILES string of the molecule is CO/C=C(/C(=O)OC)c1ccccc1CN(/N=C(/C)N1CC(C)OC(C)C1)C(C)=O. The van der Waals surface area contributed by atoms with Crippen molar-refractivity contribution in [3.05, 3.63) is 41.7 Å². The third-order valence-corrected chi connectivity index (χ3v) is 4.77. The van der Waals surface area contributed by atoms with E-state index in [0.717, 1.165) is 11.4 Å². The highest BCUT2D eigenvalue weighted by Crippen LogP contribution is 2.23. The van der Waals surface area contributed by atoms with Crippen molar-refractivity contribution in [3.63, 3.8) is 0 Å². The zero-order valence-corrected chi connectivity index (χ0v) is 18.5. The van der Waals surface area contributed by atoms with Crippen LogP contribution in [0, 0.1) is 0 Å². The van der Waals surface area contributed by atoms with Gasteiger partial charge in [0.05, 0.1) is 39.2 Å². The van der Waals surface area contributed by atoms with Crippen molar-refractivity contribution in [1.29, 1.82) is 0 Å². The number of carbonyl (C=O) groups is 2. The molecule has 164 valence electrons. The van der Waals surface area contributed by atoms with Crippen LogP contribution in [0.2, 0.25) is 0 Å². The number of ether oxygens (including phenoxy) is 3. The minimum absolute atomic E-state index is 0.0900. The Hall–Kier alpha value is -2.87. The molecule has 1 aliphatic heterocycles. The van der Waals surface area contributed by atoms with Crippen LogP contribution in [0.3, 0.4) is 0 Å². The van der Waals surface area contributed by atoms with Crippen molar-refractivity contribution in [2.24, 2.45) is 5.10 Å². The number of benzene rings is 1. The topological polar surface area (TPSA) is 80.7 Å². The van der Waals surface area contributed by atoms with Crippen molar-refractivity contribution in [3.8, 4) is 0 Å². The first-order valence-corrected chi connectivity index (χ1v) is 9.90. The van der Waals surface area contributed by atoms with E-state index in [9.17, 15) is 9.59 Å². The van der Waals surface area contributed by atoms with Crippen LogP contribution in [-0.2, 0) is 30.3 Å². The Kier molecular flexibility index (Phi) is 8.41. The zero-order chi connectivity index (χ0) is 22.3. The van der Waals surface area contributed by atoms with E-state index in [4.69, 9.17) is 14.2 Å². The number of nitrogens with zero attached hydrogens (tertiary/aromatic N) is 3. The third-order valence-electron chi connectivity index (χ3n) is 4.77. The molecule has 0 bridgehead atoms. The number of hydrogen-bond donors (Lipinski definition) is 0. The number of amidine groups is 1. The van der Waals surface area contributed by atoms with Gasteiger partial charge >= 0.3 is 5.97 Å². The quantitative estimate of drug-likeness (QED) is 0.177. The lowest BCUT2D eigenvalue weighted by atomic mass is 10.0. The highest BCUT2D eigenvalue weighted by Gasteiger charge is 2.24. The molecule has 0 spiro atoms. The number of hydrogen-bond acceptors (Lipinski definition) is 6. The number of morpholine rings is 1. The molecule has 1 aromatic rings. The molecule has 0 radical (unpaired) electrons. The fourth-order valence-electron chi connectivity index (χ4n) is 3.43. The summed E-state index contributed by atoms with van der Waals surface area (Å²) in [6, 6.07) is 7.30. The van der Waals surface area contributed by atoms with Crippen LogP contribution < -0.4 is 0 Å². The molecule has 1 saturated heterocycles. The molecule has 1 amide bonds. The Balaban J connectivity index is 2.33.